The molecular weight excluding hydrogens is 278 g/mol. The molecule has 1 N–H and O–H groups in total. The summed E-state index contributed by atoms with van der Waals surface area (Å²) < 4.78 is 5.77. The Bertz CT molecular complexity index is 650. The Kier molecular flexibility index (Phi) is 4.11. The monoisotopic (exact) mass is 297 g/mol. The van der Waals surface area contributed by atoms with Crippen LogP contribution >= 0.6 is 0 Å². The van der Waals surface area contributed by atoms with Crippen molar-refractivity contribution >= 4 is 5.91 Å². The molecule has 2 aromatic rings. The number of ether oxygens (including phenoxy) is 1. The lowest BCUT2D eigenvalue weighted by molar-refractivity contribution is -0.139. The molecule has 1 saturated carbocycles. The van der Waals surface area contributed by atoms with Crippen LogP contribution < -0.4 is 10.2 Å². The first-order chi connectivity index (χ1) is 10.7. The standard InChI is InChI=1S/C18H19NO3/c1-18(10-11-18)17(20)19-21-13-14-6-5-9-16(12-14)22-15-7-3-2-4-8-15/h2-9,12H,10-11,13H2,1H3,(H,19,20). The average molecular weight is 297 g/mol. The molecule has 3 rings (SSSR count). The summed E-state index contributed by atoms with van der Waals surface area (Å²) in [5, 5.41) is 0. The number of rotatable bonds is 6. The molecule has 4 nitrogen and oxygen atoms in total. The fourth-order valence-electron chi connectivity index (χ4n) is 2.05. The van der Waals surface area contributed by atoms with Gasteiger partial charge in [-0.25, -0.2) is 5.48 Å². The molecular formula is C18H19NO3. The summed E-state index contributed by atoms with van der Waals surface area (Å²) in [5.74, 6) is 1.49. The van der Waals surface area contributed by atoms with Crippen LogP contribution in [0.25, 0.3) is 0 Å². The van der Waals surface area contributed by atoms with Crippen molar-refractivity contribution in [2.24, 2.45) is 5.41 Å². The number of para-hydroxylation sites is 1. The molecule has 22 heavy (non-hydrogen) atoms. The summed E-state index contributed by atoms with van der Waals surface area (Å²) in [6.45, 7) is 2.26. The molecule has 1 aliphatic rings. The molecule has 1 amide bonds. The lowest BCUT2D eigenvalue weighted by Gasteiger charge is -2.11. The van der Waals surface area contributed by atoms with Crippen LogP contribution in [0, 0.1) is 5.41 Å². The number of benzene rings is 2. The van der Waals surface area contributed by atoms with E-state index in [2.05, 4.69) is 5.48 Å². The Morgan fingerprint density at radius 2 is 1.82 bits per heavy atom. The highest BCUT2D eigenvalue weighted by atomic mass is 16.6. The quantitative estimate of drug-likeness (QED) is 0.824. The first-order valence-corrected chi connectivity index (χ1v) is 7.40. The maximum absolute atomic E-state index is 11.8. The molecule has 0 aliphatic heterocycles. The van der Waals surface area contributed by atoms with Crippen LogP contribution in [0.4, 0.5) is 0 Å². The van der Waals surface area contributed by atoms with Crippen molar-refractivity contribution in [1.82, 2.24) is 5.48 Å². The van der Waals surface area contributed by atoms with Crippen molar-refractivity contribution in [3.63, 3.8) is 0 Å². The van der Waals surface area contributed by atoms with Gasteiger partial charge in [-0.1, -0.05) is 37.3 Å². The van der Waals surface area contributed by atoms with E-state index < -0.39 is 0 Å². The van der Waals surface area contributed by atoms with Gasteiger partial charge >= 0.3 is 0 Å². The second-order valence-corrected chi connectivity index (χ2v) is 5.84. The SMILES string of the molecule is CC1(C(=O)NOCc2cccc(Oc3ccccc3)c2)CC1. The van der Waals surface area contributed by atoms with E-state index in [9.17, 15) is 4.79 Å². The van der Waals surface area contributed by atoms with Crippen molar-refractivity contribution in [2.75, 3.05) is 0 Å². The Morgan fingerprint density at radius 1 is 1.09 bits per heavy atom. The number of hydrogen-bond donors (Lipinski definition) is 1. The average Bonchev–Trinajstić information content (AvgIpc) is 3.28. The van der Waals surface area contributed by atoms with Crippen molar-refractivity contribution in [3.05, 3.63) is 60.2 Å². The van der Waals surface area contributed by atoms with Gasteiger partial charge in [0, 0.05) is 5.41 Å². The highest BCUT2D eigenvalue weighted by molar-refractivity contribution is 5.83. The smallest absolute Gasteiger partial charge is 0.249 e. The van der Waals surface area contributed by atoms with E-state index in [0.717, 1.165) is 29.9 Å². The number of hydrogen-bond acceptors (Lipinski definition) is 3. The minimum Gasteiger partial charge on any atom is -0.457 e. The Balaban J connectivity index is 1.54. The maximum atomic E-state index is 11.8. The lowest BCUT2D eigenvalue weighted by Crippen LogP contribution is -2.30. The van der Waals surface area contributed by atoms with Gasteiger partial charge in [0.15, 0.2) is 0 Å². The van der Waals surface area contributed by atoms with Crippen molar-refractivity contribution < 1.29 is 14.4 Å². The summed E-state index contributed by atoms with van der Waals surface area (Å²) in [6.07, 6.45) is 1.87. The molecule has 0 unspecified atom stereocenters. The molecule has 0 heterocycles. The molecule has 0 atom stereocenters. The van der Waals surface area contributed by atoms with Gasteiger partial charge < -0.3 is 4.74 Å². The zero-order valence-electron chi connectivity index (χ0n) is 12.5. The summed E-state index contributed by atoms with van der Waals surface area (Å²) in [6, 6.07) is 17.2. The van der Waals surface area contributed by atoms with Gasteiger partial charge in [0.1, 0.15) is 11.5 Å². The molecule has 0 spiro atoms. The van der Waals surface area contributed by atoms with E-state index in [0.29, 0.717) is 6.61 Å². The van der Waals surface area contributed by atoms with Crippen LogP contribution in [0.1, 0.15) is 25.3 Å². The van der Waals surface area contributed by atoms with Gasteiger partial charge in [0.2, 0.25) is 5.91 Å². The van der Waals surface area contributed by atoms with Crippen molar-refractivity contribution in [1.29, 1.82) is 0 Å². The van der Waals surface area contributed by atoms with Gasteiger partial charge in [0.25, 0.3) is 0 Å². The van der Waals surface area contributed by atoms with E-state index in [1.54, 1.807) is 0 Å². The first kappa shape index (κ1) is 14.6. The third-order valence-corrected chi connectivity index (χ3v) is 3.83. The lowest BCUT2D eigenvalue weighted by atomic mass is 10.1. The molecule has 0 saturated heterocycles. The van der Waals surface area contributed by atoms with Crippen molar-refractivity contribution in [3.8, 4) is 11.5 Å². The van der Waals surface area contributed by atoms with Gasteiger partial charge in [-0.15, -0.1) is 0 Å². The molecule has 0 radical (unpaired) electrons. The maximum Gasteiger partial charge on any atom is 0.249 e. The minimum atomic E-state index is -0.224. The largest absolute Gasteiger partial charge is 0.457 e. The number of hydroxylamine groups is 1. The molecule has 2 aromatic carbocycles. The number of nitrogens with one attached hydrogen (secondary N) is 1. The fourth-order valence-corrected chi connectivity index (χ4v) is 2.05. The fraction of sp³-hybridized carbons (Fsp3) is 0.278. The second-order valence-electron chi connectivity index (χ2n) is 5.84. The topological polar surface area (TPSA) is 47.6 Å². The third kappa shape index (κ3) is 3.65. The summed E-state index contributed by atoms with van der Waals surface area (Å²) in [7, 11) is 0. The number of amides is 1. The van der Waals surface area contributed by atoms with E-state index in [-0.39, 0.29) is 11.3 Å². The molecule has 114 valence electrons. The zero-order valence-corrected chi connectivity index (χ0v) is 12.5. The first-order valence-electron chi connectivity index (χ1n) is 7.40. The van der Waals surface area contributed by atoms with Gasteiger partial charge in [-0.05, 0) is 42.7 Å². The van der Waals surface area contributed by atoms with Gasteiger partial charge in [0.05, 0.1) is 6.61 Å². The third-order valence-electron chi connectivity index (χ3n) is 3.83. The van der Waals surface area contributed by atoms with Crippen LogP contribution in [0.3, 0.4) is 0 Å². The Morgan fingerprint density at radius 3 is 2.55 bits per heavy atom. The van der Waals surface area contributed by atoms with E-state index >= 15 is 0 Å². The highest BCUT2D eigenvalue weighted by Gasteiger charge is 2.45. The normalized spacial score (nSPS) is 15.1. The second kappa shape index (κ2) is 6.20. The molecule has 4 heteroatoms. The summed E-state index contributed by atoms with van der Waals surface area (Å²) >= 11 is 0. The number of carbonyl (C=O) groups excluding carboxylic acids is 1. The van der Waals surface area contributed by atoms with E-state index in [4.69, 9.17) is 9.57 Å². The van der Waals surface area contributed by atoms with Crippen LogP contribution in [0.5, 0.6) is 11.5 Å². The molecule has 0 aromatic heterocycles. The zero-order chi connectivity index (χ0) is 15.4. The predicted octanol–water partition coefficient (Wildman–Crippen LogP) is 3.83. The number of carbonyl (C=O) groups is 1. The summed E-state index contributed by atoms with van der Waals surface area (Å²) in [4.78, 5) is 17.1. The molecule has 1 aliphatic carbocycles. The van der Waals surface area contributed by atoms with Crippen LogP contribution in [-0.4, -0.2) is 5.91 Å². The predicted molar refractivity (Wildman–Crippen MR) is 83.2 cm³/mol. The van der Waals surface area contributed by atoms with Crippen LogP contribution in [0.15, 0.2) is 54.6 Å². The van der Waals surface area contributed by atoms with E-state index in [1.807, 2.05) is 61.5 Å². The van der Waals surface area contributed by atoms with Crippen LogP contribution in [0.2, 0.25) is 0 Å². The van der Waals surface area contributed by atoms with Gasteiger partial charge in [-0.3, -0.25) is 9.63 Å². The van der Waals surface area contributed by atoms with Crippen molar-refractivity contribution in [2.45, 2.75) is 26.4 Å². The minimum absolute atomic E-state index is 0.0378. The Labute approximate surface area is 130 Å². The molecule has 1 fully saturated rings. The summed E-state index contributed by atoms with van der Waals surface area (Å²) in [5.41, 5.74) is 3.24. The highest BCUT2D eigenvalue weighted by Crippen LogP contribution is 2.44. The van der Waals surface area contributed by atoms with E-state index in [1.165, 1.54) is 0 Å². The van der Waals surface area contributed by atoms with Crippen LogP contribution in [-0.2, 0) is 16.2 Å². The molecule has 0 bridgehead atoms. The van der Waals surface area contributed by atoms with Gasteiger partial charge in [-0.2, -0.15) is 0 Å². The Hall–Kier alpha value is -2.33.